The largest absolute Gasteiger partial charge is 0.434 e. The van der Waals surface area contributed by atoms with E-state index >= 15 is 0 Å². The summed E-state index contributed by atoms with van der Waals surface area (Å²) in [7, 11) is 0. The van der Waals surface area contributed by atoms with Crippen molar-refractivity contribution in [3.63, 3.8) is 0 Å². The molecule has 3 nitrogen and oxygen atoms in total. The van der Waals surface area contributed by atoms with Crippen molar-refractivity contribution in [2.24, 2.45) is 0 Å². The van der Waals surface area contributed by atoms with Gasteiger partial charge in [-0.15, -0.1) is 6.58 Å². The van der Waals surface area contributed by atoms with Gasteiger partial charge in [0, 0.05) is 18.2 Å². The average molecular weight is 253 g/mol. The molecule has 1 rings (SSSR count). The van der Waals surface area contributed by atoms with Crippen LogP contribution in [0.15, 0.2) is 43.0 Å². The molecule has 0 fully saturated rings. The maximum atomic E-state index is 12.1. The Morgan fingerprint density at radius 2 is 2.17 bits per heavy atom. The molecule has 0 aromatic heterocycles. The summed E-state index contributed by atoms with van der Waals surface area (Å²) in [5.41, 5.74) is 0.409. The molecule has 0 unspecified atom stereocenters. The van der Waals surface area contributed by atoms with Crippen LogP contribution < -0.4 is 10.1 Å². The van der Waals surface area contributed by atoms with Gasteiger partial charge in [-0.3, -0.25) is 4.79 Å². The number of carbonyl (C=O) groups excluding carboxylic acids is 1. The second-order valence-electron chi connectivity index (χ2n) is 3.28. The number of amides is 1. The number of hydrogen-bond acceptors (Lipinski definition) is 2. The molecule has 0 aliphatic carbocycles. The topological polar surface area (TPSA) is 38.3 Å². The van der Waals surface area contributed by atoms with Gasteiger partial charge in [0.15, 0.2) is 0 Å². The normalized spacial score (nSPS) is 10.6. The third kappa shape index (κ3) is 4.78. The van der Waals surface area contributed by atoms with Crippen LogP contribution >= 0.6 is 0 Å². The van der Waals surface area contributed by atoms with E-state index in [2.05, 4.69) is 16.6 Å². The van der Waals surface area contributed by atoms with E-state index < -0.39 is 6.61 Å². The standard InChI is InChI=1S/C13H13F2NO2/c1-2-9-16-12(17)8-7-10-5-3-4-6-11(10)18-13(14)15/h2-8,13H,1,9H2,(H,16,17). The molecule has 0 bridgehead atoms. The highest BCUT2D eigenvalue weighted by Crippen LogP contribution is 2.21. The van der Waals surface area contributed by atoms with E-state index in [0.717, 1.165) is 0 Å². The maximum Gasteiger partial charge on any atom is 0.387 e. The molecule has 1 aromatic carbocycles. The first-order valence-electron chi connectivity index (χ1n) is 5.24. The summed E-state index contributed by atoms with van der Waals surface area (Å²) in [6, 6.07) is 6.23. The lowest BCUT2D eigenvalue weighted by atomic mass is 10.2. The van der Waals surface area contributed by atoms with Crippen LogP contribution in [0.2, 0.25) is 0 Å². The zero-order chi connectivity index (χ0) is 13.4. The predicted molar refractivity (Wildman–Crippen MR) is 65.3 cm³/mol. The lowest BCUT2D eigenvalue weighted by Crippen LogP contribution is -2.20. The molecule has 0 heterocycles. The van der Waals surface area contributed by atoms with Crippen molar-refractivity contribution < 1.29 is 18.3 Å². The molecule has 96 valence electrons. The summed E-state index contributed by atoms with van der Waals surface area (Å²) in [6.07, 6.45) is 4.20. The Balaban J connectivity index is 2.74. The fourth-order valence-corrected chi connectivity index (χ4v) is 1.22. The Hall–Kier alpha value is -2.17. The van der Waals surface area contributed by atoms with Crippen molar-refractivity contribution in [3.8, 4) is 5.75 Å². The second-order valence-corrected chi connectivity index (χ2v) is 3.28. The lowest BCUT2D eigenvalue weighted by molar-refractivity contribution is -0.116. The summed E-state index contributed by atoms with van der Waals surface area (Å²) in [5.74, 6) is -0.304. The number of rotatable bonds is 6. The molecule has 18 heavy (non-hydrogen) atoms. The summed E-state index contributed by atoms with van der Waals surface area (Å²) < 4.78 is 28.6. The first kappa shape index (κ1) is 13.9. The van der Waals surface area contributed by atoms with E-state index in [-0.39, 0.29) is 11.7 Å². The van der Waals surface area contributed by atoms with E-state index in [0.29, 0.717) is 12.1 Å². The molecule has 1 N–H and O–H groups in total. The Bertz CT molecular complexity index is 444. The molecular weight excluding hydrogens is 240 g/mol. The van der Waals surface area contributed by atoms with Crippen LogP contribution in [-0.2, 0) is 4.79 Å². The number of para-hydroxylation sites is 1. The number of hydrogen-bond donors (Lipinski definition) is 1. The fourth-order valence-electron chi connectivity index (χ4n) is 1.22. The SMILES string of the molecule is C=CCNC(=O)C=Cc1ccccc1OC(F)F. The van der Waals surface area contributed by atoms with Crippen LogP contribution in [0.4, 0.5) is 8.78 Å². The molecule has 0 saturated heterocycles. The number of carbonyl (C=O) groups is 1. The Kier molecular flexibility index (Phi) is 5.57. The minimum absolute atomic E-state index is 0.0280. The van der Waals surface area contributed by atoms with Gasteiger partial charge >= 0.3 is 6.61 Å². The fraction of sp³-hybridized carbons (Fsp3) is 0.154. The maximum absolute atomic E-state index is 12.1. The summed E-state index contributed by atoms with van der Waals surface area (Å²) in [5, 5.41) is 2.53. The Labute approximate surface area is 104 Å². The molecule has 0 aliphatic rings. The van der Waals surface area contributed by atoms with E-state index in [9.17, 15) is 13.6 Å². The zero-order valence-electron chi connectivity index (χ0n) is 9.61. The van der Waals surface area contributed by atoms with Crippen molar-refractivity contribution in [1.29, 1.82) is 0 Å². The molecule has 0 radical (unpaired) electrons. The van der Waals surface area contributed by atoms with Gasteiger partial charge in [-0.2, -0.15) is 8.78 Å². The van der Waals surface area contributed by atoms with Crippen LogP contribution in [0.5, 0.6) is 5.75 Å². The number of benzene rings is 1. The highest BCUT2D eigenvalue weighted by atomic mass is 19.3. The van der Waals surface area contributed by atoms with Crippen LogP contribution in [0.25, 0.3) is 6.08 Å². The molecule has 1 aromatic rings. The number of nitrogens with one attached hydrogen (secondary N) is 1. The molecule has 0 spiro atoms. The minimum Gasteiger partial charge on any atom is -0.434 e. The predicted octanol–water partition coefficient (Wildman–Crippen LogP) is 2.60. The Morgan fingerprint density at radius 1 is 1.44 bits per heavy atom. The molecule has 0 saturated carbocycles. The lowest BCUT2D eigenvalue weighted by Gasteiger charge is -2.07. The number of ether oxygens (including phenoxy) is 1. The van der Waals surface area contributed by atoms with E-state index in [1.165, 1.54) is 18.2 Å². The first-order chi connectivity index (χ1) is 8.63. The minimum atomic E-state index is -2.89. The van der Waals surface area contributed by atoms with Crippen molar-refractivity contribution in [2.45, 2.75) is 6.61 Å². The monoisotopic (exact) mass is 253 g/mol. The summed E-state index contributed by atoms with van der Waals surface area (Å²) in [6.45, 7) is 0.907. The average Bonchev–Trinajstić information content (AvgIpc) is 2.34. The van der Waals surface area contributed by atoms with Gasteiger partial charge < -0.3 is 10.1 Å². The van der Waals surface area contributed by atoms with Crippen molar-refractivity contribution in [3.05, 3.63) is 48.6 Å². The number of halogens is 2. The van der Waals surface area contributed by atoms with Crippen molar-refractivity contribution >= 4 is 12.0 Å². The second kappa shape index (κ2) is 7.21. The van der Waals surface area contributed by atoms with Crippen LogP contribution in [0, 0.1) is 0 Å². The van der Waals surface area contributed by atoms with Gasteiger partial charge in [-0.25, -0.2) is 0 Å². The van der Waals surface area contributed by atoms with Gasteiger partial charge in [0.25, 0.3) is 0 Å². The molecule has 1 amide bonds. The third-order valence-corrected chi connectivity index (χ3v) is 1.97. The summed E-state index contributed by atoms with van der Waals surface area (Å²) in [4.78, 5) is 11.3. The molecule has 5 heteroatoms. The van der Waals surface area contributed by atoms with E-state index in [4.69, 9.17) is 0 Å². The number of alkyl halides is 2. The third-order valence-electron chi connectivity index (χ3n) is 1.97. The highest BCUT2D eigenvalue weighted by Gasteiger charge is 2.07. The van der Waals surface area contributed by atoms with Crippen molar-refractivity contribution in [2.75, 3.05) is 6.54 Å². The quantitative estimate of drug-likeness (QED) is 0.625. The molecule has 0 aliphatic heterocycles. The van der Waals surface area contributed by atoms with E-state index in [1.807, 2.05) is 0 Å². The smallest absolute Gasteiger partial charge is 0.387 e. The van der Waals surface area contributed by atoms with Crippen LogP contribution in [0.3, 0.4) is 0 Å². The first-order valence-corrected chi connectivity index (χ1v) is 5.24. The molecule has 0 atom stereocenters. The van der Waals surface area contributed by atoms with E-state index in [1.54, 1.807) is 24.3 Å². The van der Waals surface area contributed by atoms with Gasteiger partial charge in [-0.05, 0) is 12.1 Å². The van der Waals surface area contributed by atoms with Crippen LogP contribution in [0.1, 0.15) is 5.56 Å². The van der Waals surface area contributed by atoms with Gasteiger partial charge in [0.2, 0.25) is 5.91 Å². The Morgan fingerprint density at radius 3 is 2.83 bits per heavy atom. The zero-order valence-corrected chi connectivity index (χ0v) is 9.61. The van der Waals surface area contributed by atoms with Crippen LogP contribution in [-0.4, -0.2) is 19.1 Å². The van der Waals surface area contributed by atoms with Gasteiger partial charge in [-0.1, -0.05) is 24.3 Å². The van der Waals surface area contributed by atoms with Crippen molar-refractivity contribution in [1.82, 2.24) is 5.32 Å². The van der Waals surface area contributed by atoms with Gasteiger partial charge in [0.05, 0.1) is 0 Å². The highest BCUT2D eigenvalue weighted by molar-refractivity contribution is 5.92. The summed E-state index contributed by atoms with van der Waals surface area (Å²) >= 11 is 0. The van der Waals surface area contributed by atoms with Gasteiger partial charge in [0.1, 0.15) is 5.75 Å². The molecular formula is C13H13F2NO2.